The van der Waals surface area contributed by atoms with E-state index in [1.165, 1.54) is 109 Å². The molecule has 0 aliphatic rings. The van der Waals surface area contributed by atoms with Crippen LogP contribution in [0.25, 0.3) is 0 Å². The van der Waals surface area contributed by atoms with Crippen LogP contribution in [0.15, 0.2) is 12.2 Å². The van der Waals surface area contributed by atoms with Crippen molar-refractivity contribution in [2.75, 3.05) is 6.61 Å². The molecule has 0 fully saturated rings. The summed E-state index contributed by atoms with van der Waals surface area (Å²) < 4.78 is 35.3. The Balaban J connectivity index is 3.84. The summed E-state index contributed by atoms with van der Waals surface area (Å²) in [4.78, 5) is 0. The lowest BCUT2D eigenvalue weighted by molar-refractivity contribution is 0.234. The normalized spacial score (nSPS) is 13.3. The average molecular weight is 461 g/mol. The Bertz CT molecular complexity index is 488. The number of hydrogen-bond donors (Lipinski definition) is 1. The van der Waals surface area contributed by atoms with E-state index in [1.807, 2.05) is 0 Å². The van der Waals surface area contributed by atoms with Crippen molar-refractivity contribution in [3.8, 4) is 0 Å². The first kappa shape index (κ1) is 30.6. The Kier molecular flexibility index (Phi) is 22.5. The molecule has 0 aliphatic heterocycles. The van der Waals surface area contributed by atoms with Crippen LogP contribution in [0.1, 0.15) is 142 Å². The highest BCUT2D eigenvalue weighted by Crippen LogP contribution is 2.17. The lowest BCUT2D eigenvalue weighted by Gasteiger charge is -2.12. The molecule has 0 aliphatic carbocycles. The summed E-state index contributed by atoms with van der Waals surface area (Å²) in [6.45, 7) is 4.53. The third kappa shape index (κ3) is 25.7. The number of rotatable bonds is 24. The van der Waals surface area contributed by atoms with Gasteiger partial charge in [0.1, 0.15) is 0 Å². The molecule has 0 spiro atoms. The van der Waals surface area contributed by atoms with Gasteiger partial charge in [-0.25, -0.2) is 4.18 Å². The minimum atomic E-state index is -4.36. The number of hydrogen-bond acceptors (Lipinski definition) is 3. The smallest absolute Gasteiger partial charge is 0.264 e. The van der Waals surface area contributed by atoms with Crippen molar-refractivity contribution in [3.63, 3.8) is 0 Å². The van der Waals surface area contributed by atoms with E-state index in [-0.39, 0.29) is 12.5 Å². The molecule has 0 aromatic rings. The van der Waals surface area contributed by atoms with E-state index in [1.54, 1.807) is 0 Å². The second-order valence-corrected chi connectivity index (χ2v) is 10.2. The maximum Gasteiger partial charge on any atom is 0.397 e. The van der Waals surface area contributed by atoms with Crippen LogP contribution in [0.5, 0.6) is 0 Å². The van der Waals surface area contributed by atoms with Crippen molar-refractivity contribution < 1.29 is 17.2 Å². The Hall–Kier alpha value is -0.390. The zero-order chi connectivity index (χ0) is 23.0. The first-order valence-corrected chi connectivity index (χ1v) is 14.6. The Morgan fingerprint density at radius 2 is 1.10 bits per heavy atom. The zero-order valence-corrected chi connectivity index (χ0v) is 21.5. The van der Waals surface area contributed by atoms with Gasteiger partial charge in [-0.2, -0.15) is 8.42 Å². The molecule has 1 atom stereocenters. The third-order valence-electron chi connectivity index (χ3n) is 5.99. The largest absolute Gasteiger partial charge is 0.397 e. The van der Waals surface area contributed by atoms with Crippen LogP contribution < -0.4 is 0 Å². The van der Waals surface area contributed by atoms with Crippen molar-refractivity contribution in [2.24, 2.45) is 5.92 Å². The highest BCUT2D eigenvalue weighted by molar-refractivity contribution is 7.80. The van der Waals surface area contributed by atoms with Crippen LogP contribution in [-0.2, 0) is 14.6 Å². The quantitative estimate of drug-likeness (QED) is 0.0887. The molecule has 5 heteroatoms. The van der Waals surface area contributed by atoms with E-state index >= 15 is 0 Å². The van der Waals surface area contributed by atoms with E-state index in [0.29, 0.717) is 0 Å². The first-order valence-electron chi connectivity index (χ1n) is 13.3. The van der Waals surface area contributed by atoms with Crippen LogP contribution in [0, 0.1) is 5.92 Å². The summed E-state index contributed by atoms with van der Waals surface area (Å²) in [5, 5.41) is 0. The number of allylic oxidation sites excluding steroid dienone is 1. The van der Waals surface area contributed by atoms with Gasteiger partial charge < -0.3 is 0 Å². The molecule has 186 valence electrons. The molecule has 0 heterocycles. The third-order valence-corrected chi connectivity index (χ3v) is 6.43. The molecule has 0 bridgehead atoms. The Labute approximate surface area is 194 Å². The van der Waals surface area contributed by atoms with Gasteiger partial charge in [-0.3, -0.25) is 4.55 Å². The fourth-order valence-electron chi connectivity index (χ4n) is 3.99. The van der Waals surface area contributed by atoms with Gasteiger partial charge in [-0.05, 0) is 19.3 Å². The maximum atomic E-state index is 10.9. The van der Waals surface area contributed by atoms with Crippen LogP contribution in [0.3, 0.4) is 0 Å². The van der Waals surface area contributed by atoms with Gasteiger partial charge in [-0.1, -0.05) is 135 Å². The van der Waals surface area contributed by atoms with Gasteiger partial charge in [0.05, 0.1) is 6.61 Å². The van der Waals surface area contributed by atoms with Gasteiger partial charge in [0.2, 0.25) is 0 Å². The van der Waals surface area contributed by atoms with E-state index in [9.17, 15) is 8.42 Å². The molecule has 0 amide bonds. The van der Waals surface area contributed by atoms with Gasteiger partial charge in [0.15, 0.2) is 0 Å². The molecule has 4 nitrogen and oxygen atoms in total. The lowest BCUT2D eigenvalue weighted by atomic mass is 9.99. The molecule has 0 aromatic carbocycles. The molecule has 1 unspecified atom stereocenters. The summed E-state index contributed by atoms with van der Waals surface area (Å²) in [5.74, 6) is 0.0604. The van der Waals surface area contributed by atoms with Gasteiger partial charge >= 0.3 is 10.4 Å². The molecule has 0 radical (unpaired) electrons. The van der Waals surface area contributed by atoms with Gasteiger partial charge in [-0.15, -0.1) is 0 Å². The summed E-state index contributed by atoms with van der Waals surface area (Å²) in [7, 11) is -4.36. The SMILES string of the molecule is CCCCCCCCCCCCC/C=C/C(CCCCCCCCC)COS(=O)(=O)O. The molecule has 0 saturated heterocycles. The summed E-state index contributed by atoms with van der Waals surface area (Å²) in [6, 6.07) is 0. The highest BCUT2D eigenvalue weighted by Gasteiger charge is 2.11. The minimum Gasteiger partial charge on any atom is -0.264 e. The van der Waals surface area contributed by atoms with Crippen molar-refractivity contribution in [3.05, 3.63) is 12.2 Å². The standard InChI is InChI=1S/C26H52O4S/c1-3-5-7-9-11-12-13-14-15-16-18-20-22-24-26(25-30-31(27,28)29)23-21-19-17-10-8-6-4-2/h22,24,26H,3-21,23,25H2,1-2H3,(H,27,28,29)/b24-22+. The van der Waals surface area contributed by atoms with Gasteiger partial charge in [0, 0.05) is 5.92 Å². The predicted molar refractivity (Wildman–Crippen MR) is 134 cm³/mol. The summed E-state index contributed by atoms with van der Waals surface area (Å²) in [5.41, 5.74) is 0. The summed E-state index contributed by atoms with van der Waals surface area (Å²) >= 11 is 0. The van der Waals surface area contributed by atoms with E-state index < -0.39 is 10.4 Å². The molecule has 1 N–H and O–H groups in total. The van der Waals surface area contributed by atoms with Crippen LogP contribution in [-0.4, -0.2) is 19.6 Å². The molecule has 31 heavy (non-hydrogen) atoms. The molecular formula is C26H52O4S. The second-order valence-electron chi connectivity index (χ2n) is 9.13. The van der Waals surface area contributed by atoms with Crippen molar-refractivity contribution in [2.45, 2.75) is 142 Å². The predicted octanol–water partition coefficient (Wildman–Crippen LogP) is 8.82. The van der Waals surface area contributed by atoms with Crippen molar-refractivity contribution >= 4 is 10.4 Å². The topological polar surface area (TPSA) is 63.6 Å². The van der Waals surface area contributed by atoms with E-state index in [0.717, 1.165) is 19.3 Å². The van der Waals surface area contributed by atoms with E-state index in [4.69, 9.17) is 4.55 Å². The lowest BCUT2D eigenvalue weighted by Crippen LogP contribution is -2.12. The fourth-order valence-corrected chi connectivity index (χ4v) is 4.33. The first-order chi connectivity index (χ1) is 15.0. The molecule has 0 saturated carbocycles. The highest BCUT2D eigenvalue weighted by atomic mass is 32.3. The van der Waals surface area contributed by atoms with Crippen LogP contribution >= 0.6 is 0 Å². The molecular weight excluding hydrogens is 408 g/mol. The Morgan fingerprint density at radius 1 is 0.677 bits per heavy atom. The Morgan fingerprint density at radius 3 is 1.55 bits per heavy atom. The van der Waals surface area contributed by atoms with E-state index in [2.05, 4.69) is 30.2 Å². The summed E-state index contributed by atoms with van der Waals surface area (Å²) in [6.07, 6.45) is 29.7. The average Bonchev–Trinajstić information content (AvgIpc) is 2.73. The number of unbranched alkanes of at least 4 members (excludes halogenated alkanes) is 17. The van der Waals surface area contributed by atoms with Crippen LogP contribution in [0.2, 0.25) is 0 Å². The molecule has 0 aromatic heterocycles. The van der Waals surface area contributed by atoms with Crippen molar-refractivity contribution in [1.29, 1.82) is 0 Å². The van der Waals surface area contributed by atoms with Crippen LogP contribution in [0.4, 0.5) is 0 Å². The van der Waals surface area contributed by atoms with Gasteiger partial charge in [0.25, 0.3) is 0 Å². The fraction of sp³-hybridized carbons (Fsp3) is 0.923. The molecule has 0 rings (SSSR count). The zero-order valence-electron chi connectivity index (χ0n) is 20.7. The monoisotopic (exact) mass is 460 g/mol. The minimum absolute atomic E-state index is 0.0451. The van der Waals surface area contributed by atoms with Crippen molar-refractivity contribution in [1.82, 2.24) is 0 Å². The second kappa shape index (κ2) is 22.8. The maximum absolute atomic E-state index is 10.9.